The number of nitrogens with two attached hydrogens (primary N) is 1. The molecule has 0 aromatic carbocycles. The molecule has 19 heavy (non-hydrogen) atoms. The Morgan fingerprint density at radius 3 is 2.37 bits per heavy atom. The molecule has 0 spiro atoms. The van der Waals surface area contributed by atoms with E-state index in [1.165, 1.54) is 0 Å². The van der Waals surface area contributed by atoms with Gasteiger partial charge in [-0.15, -0.1) is 0 Å². The van der Waals surface area contributed by atoms with Gasteiger partial charge >= 0.3 is 0 Å². The molecule has 5 heteroatoms. The summed E-state index contributed by atoms with van der Waals surface area (Å²) < 4.78 is 0. The third kappa shape index (κ3) is 4.49. The van der Waals surface area contributed by atoms with Crippen LogP contribution in [0, 0.1) is 11.8 Å². The van der Waals surface area contributed by atoms with Gasteiger partial charge in [-0.3, -0.25) is 9.59 Å². The minimum atomic E-state index is 0.0460. The Morgan fingerprint density at radius 1 is 1.32 bits per heavy atom. The molecular formula is C14H27N3O2. The van der Waals surface area contributed by atoms with Crippen LogP contribution in [0.2, 0.25) is 0 Å². The summed E-state index contributed by atoms with van der Waals surface area (Å²) in [5.41, 5.74) is 5.47. The molecule has 2 amide bonds. The van der Waals surface area contributed by atoms with Crippen LogP contribution in [0.5, 0.6) is 0 Å². The number of nitrogens with zero attached hydrogens (tertiary/aromatic N) is 2. The quantitative estimate of drug-likeness (QED) is 0.798. The lowest BCUT2D eigenvalue weighted by Gasteiger charge is -2.34. The Kier molecular flexibility index (Phi) is 6.28. The number of piperidine rings is 1. The fraction of sp³-hybridized carbons (Fsp3) is 0.857. The van der Waals surface area contributed by atoms with Crippen LogP contribution in [0.1, 0.15) is 32.6 Å². The molecule has 0 bridgehead atoms. The molecule has 1 aliphatic heterocycles. The summed E-state index contributed by atoms with van der Waals surface area (Å²) in [7, 11) is 3.57. The minimum absolute atomic E-state index is 0.0460. The summed E-state index contributed by atoms with van der Waals surface area (Å²) in [5, 5.41) is 0. The van der Waals surface area contributed by atoms with E-state index in [1.807, 2.05) is 11.8 Å². The first-order valence-corrected chi connectivity index (χ1v) is 7.17. The zero-order valence-corrected chi connectivity index (χ0v) is 12.4. The average molecular weight is 269 g/mol. The van der Waals surface area contributed by atoms with E-state index in [-0.39, 0.29) is 23.7 Å². The van der Waals surface area contributed by atoms with Gasteiger partial charge in [-0.2, -0.15) is 0 Å². The van der Waals surface area contributed by atoms with Gasteiger partial charge in [0.15, 0.2) is 0 Å². The van der Waals surface area contributed by atoms with Crippen LogP contribution >= 0.6 is 0 Å². The van der Waals surface area contributed by atoms with E-state index in [0.29, 0.717) is 19.6 Å². The Bertz CT molecular complexity index is 310. The minimum Gasteiger partial charge on any atom is -0.349 e. The fourth-order valence-electron chi connectivity index (χ4n) is 2.57. The van der Waals surface area contributed by atoms with E-state index >= 15 is 0 Å². The van der Waals surface area contributed by atoms with Crippen molar-refractivity contribution in [2.24, 2.45) is 17.6 Å². The van der Waals surface area contributed by atoms with E-state index < -0.39 is 0 Å². The molecule has 1 fully saturated rings. The van der Waals surface area contributed by atoms with Gasteiger partial charge in [0.25, 0.3) is 0 Å². The third-order valence-corrected chi connectivity index (χ3v) is 3.86. The molecule has 0 aromatic heterocycles. The molecule has 1 unspecified atom stereocenters. The second-order valence-corrected chi connectivity index (χ2v) is 5.66. The molecule has 0 aromatic rings. The van der Waals surface area contributed by atoms with E-state index in [1.54, 1.807) is 19.0 Å². The van der Waals surface area contributed by atoms with Crippen molar-refractivity contribution in [2.45, 2.75) is 32.6 Å². The van der Waals surface area contributed by atoms with Crippen molar-refractivity contribution in [3.05, 3.63) is 0 Å². The highest BCUT2D eigenvalue weighted by Crippen LogP contribution is 2.21. The van der Waals surface area contributed by atoms with Crippen LogP contribution in [0.3, 0.4) is 0 Å². The molecule has 0 saturated carbocycles. The number of hydrogen-bond donors (Lipinski definition) is 1. The summed E-state index contributed by atoms with van der Waals surface area (Å²) in [5.74, 6) is 0.524. The summed E-state index contributed by atoms with van der Waals surface area (Å²) in [6, 6.07) is 0. The van der Waals surface area contributed by atoms with E-state index in [0.717, 1.165) is 25.7 Å². The zero-order valence-electron chi connectivity index (χ0n) is 12.4. The van der Waals surface area contributed by atoms with Gasteiger partial charge < -0.3 is 15.5 Å². The molecule has 0 radical (unpaired) electrons. The van der Waals surface area contributed by atoms with Gasteiger partial charge in [0.05, 0.1) is 0 Å². The molecular weight excluding hydrogens is 242 g/mol. The monoisotopic (exact) mass is 269 g/mol. The van der Waals surface area contributed by atoms with Crippen molar-refractivity contribution < 1.29 is 9.59 Å². The summed E-state index contributed by atoms with van der Waals surface area (Å²) in [6.45, 7) is 4.01. The number of rotatable bonds is 5. The van der Waals surface area contributed by atoms with Crippen molar-refractivity contribution in [1.29, 1.82) is 0 Å². The maximum Gasteiger partial charge on any atom is 0.225 e. The number of carbonyl (C=O) groups is 2. The Morgan fingerprint density at radius 2 is 1.89 bits per heavy atom. The molecule has 0 aliphatic carbocycles. The lowest BCUT2D eigenvalue weighted by molar-refractivity contribution is -0.141. The number of likely N-dealkylation sites (tertiary alicyclic amines) is 1. The first kappa shape index (κ1) is 16.0. The topological polar surface area (TPSA) is 66.6 Å². The van der Waals surface area contributed by atoms with Crippen LogP contribution in [-0.4, -0.2) is 55.3 Å². The zero-order chi connectivity index (χ0) is 14.4. The average Bonchev–Trinajstić information content (AvgIpc) is 2.43. The van der Waals surface area contributed by atoms with Gasteiger partial charge in [-0.1, -0.05) is 6.92 Å². The SMILES string of the molecule is CC(CCCN)C(=O)N1CCC(C(=O)N(C)C)CC1. The smallest absolute Gasteiger partial charge is 0.225 e. The number of amides is 2. The fourth-order valence-corrected chi connectivity index (χ4v) is 2.57. The second kappa shape index (κ2) is 7.48. The van der Waals surface area contributed by atoms with Crippen LogP contribution in [-0.2, 0) is 9.59 Å². The highest BCUT2D eigenvalue weighted by Gasteiger charge is 2.29. The van der Waals surface area contributed by atoms with Crippen LogP contribution in [0.25, 0.3) is 0 Å². The van der Waals surface area contributed by atoms with Gasteiger partial charge in [0.2, 0.25) is 11.8 Å². The molecule has 110 valence electrons. The van der Waals surface area contributed by atoms with Gasteiger partial charge in [-0.25, -0.2) is 0 Å². The maximum absolute atomic E-state index is 12.2. The molecule has 1 rings (SSSR count). The van der Waals surface area contributed by atoms with E-state index in [9.17, 15) is 9.59 Å². The molecule has 2 N–H and O–H groups in total. The predicted octanol–water partition coefficient (Wildman–Crippen LogP) is 0.688. The summed E-state index contributed by atoms with van der Waals surface area (Å²) >= 11 is 0. The Hall–Kier alpha value is -1.10. The van der Waals surface area contributed by atoms with Crippen molar-refractivity contribution in [3.8, 4) is 0 Å². The molecule has 1 saturated heterocycles. The van der Waals surface area contributed by atoms with Gasteiger partial charge in [0.1, 0.15) is 0 Å². The Balaban J connectivity index is 2.41. The van der Waals surface area contributed by atoms with E-state index in [2.05, 4.69) is 0 Å². The largest absolute Gasteiger partial charge is 0.349 e. The van der Waals surface area contributed by atoms with Crippen LogP contribution in [0.15, 0.2) is 0 Å². The number of hydrogen-bond acceptors (Lipinski definition) is 3. The molecule has 1 atom stereocenters. The lowest BCUT2D eigenvalue weighted by Crippen LogP contribution is -2.44. The number of carbonyl (C=O) groups excluding carboxylic acids is 2. The first-order valence-electron chi connectivity index (χ1n) is 7.17. The van der Waals surface area contributed by atoms with Crippen molar-refractivity contribution in [1.82, 2.24) is 9.80 Å². The highest BCUT2D eigenvalue weighted by molar-refractivity contribution is 5.80. The maximum atomic E-state index is 12.2. The summed E-state index contributed by atoms with van der Waals surface area (Å²) in [4.78, 5) is 27.6. The Labute approximate surface area is 116 Å². The third-order valence-electron chi connectivity index (χ3n) is 3.86. The standard InChI is InChI=1S/C14H27N3O2/c1-11(5-4-8-15)13(18)17-9-6-12(7-10-17)14(19)16(2)3/h11-12H,4-10,15H2,1-3H3. The van der Waals surface area contributed by atoms with Crippen LogP contribution < -0.4 is 5.73 Å². The van der Waals surface area contributed by atoms with Gasteiger partial charge in [-0.05, 0) is 32.2 Å². The summed E-state index contributed by atoms with van der Waals surface area (Å²) in [6.07, 6.45) is 3.31. The molecule has 1 aliphatic rings. The second-order valence-electron chi connectivity index (χ2n) is 5.66. The molecule has 1 heterocycles. The normalized spacial score (nSPS) is 18.2. The van der Waals surface area contributed by atoms with Crippen molar-refractivity contribution in [3.63, 3.8) is 0 Å². The van der Waals surface area contributed by atoms with Gasteiger partial charge in [0, 0.05) is 39.0 Å². The van der Waals surface area contributed by atoms with E-state index in [4.69, 9.17) is 5.73 Å². The van der Waals surface area contributed by atoms with Crippen LogP contribution in [0.4, 0.5) is 0 Å². The van der Waals surface area contributed by atoms with Crippen molar-refractivity contribution in [2.75, 3.05) is 33.7 Å². The lowest BCUT2D eigenvalue weighted by atomic mass is 9.94. The first-order chi connectivity index (χ1) is 8.97. The predicted molar refractivity (Wildman–Crippen MR) is 75.5 cm³/mol. The van der Waals surface area contributed by atoms with Crippen molar-refractivity contribution >= 4 is 11.8 Å². The molecule has 5 nitrogen and oxygen atoms in total. The highest BCUT2D eigenvalue weighted by atomic mass is 16.2.